The quantitative estimate of drug-likeness (QED) is 0.445. The molecule has 1 atom stereocenters. The molecule has 3 aromatic rings. The van der Waals surface area contributed by atoms with Gasteiger partial charge in [0.15, 0.2) is 0 Å². The van der Waals surface area contributed by atoms with Crippen LogP contribution >= 0.6 is 0 Å². The summed E-state index contributed by atoms with van der Waals surface area (Å²) in [7, 11) is 0. The number of aromatic nitrogens is 3. The zero-order valence-electron chi connectivity index (χ0n) is 17.8. The maximum Gasteiger partial charge on any atom is 0.282 e. The van der Waals surface area contributed by atoms with Crippen LogP contribution in [0.5, 0.6) is 0 Å². The molecule has 3 aliphatic rings. The summed E-state index contributed by atoms with van der Waals surface area (Å²) in [6.45, 7) is 1.54. The van der Waals surface area contributed by atoms with Crippen LogP contribution in [-0.4, -0.2) is 20.9 Å². The highest BCUT2D eigenvalue weighted by atomic mass is 19.1. The molecule has 33 heavy (non-hydrogen) atoms. The van der Waals surface area contributed by atoms with Gasteiger partial charge in [0, 0.05) is 30.6 Å². The molecule has 1 N–H and O–H groups in total. The van der Waals surface area contributed by atoms with Crippen molar-refractivity contribution in [1.29, 1.82) is 0 Å². The van der Waals surface area contributed by atoms with Crippen molar-refractivity contribution in [3.63, 3.8) is 0 Å². The second-order valence-corrected chi connectivity index (χ2v) is 8.32. The average Bonchev–Trinajstić information content (AvgIpc) is 3.49. The fourth-order valence-electron chi connectivity index (χ4n) is 4.54. The predicted octanol–water partition coefficient (Wildman–Crippen LogP) is 4.68. The summed E-state index contributed by atoms with van der Waals surface area (Å²) < 4.78 is 17.6. The summed E-state index contributed by atoms with van der Waals surface area (Å²) in [5.74, 6) is -0.0805. The van der Waals surface area contributed by atoms with Gasteiger partial charge in [-0.15, -0.1) is 0 Å². The molecule has 162 valence electrons. The first-order valence-electron chi connectivity index (χ1n) is 10.9. The van der Waals surface area contributed by atoms with Gasteiger partial charge in [-0.3, -0.25) is 4.79 Å². The van der Waals surface area contributed by atoms with E-state index in [1.807, 2.05) is 36.7 Å². The molecule has 3 heterocycles. The molecule has 1 unspecified atom stereocenters. The fourth-order valence-corrected chi connectivity index (χ4v) is 4.54. The lowest BCUT2D eigenvalue weighted by Crippen LogP contribution is -2.16. The Labute approximate surface area is 189 Å². The number of hydrogen-bond donors (Lipinski definition) is 1. The molecule has 0 fully saturated rings. The van der Waals surface area contributed by atoms with E-state index in [9.17, 15) is 9.18 Å². The molecule has 6 heteroatoms. The molecule has 3 aliphatic heterocycles. The Bertz CT molecular complexity index is 1530. The van der Waals surface area contributed by atoms with E-state index in [-0.39, 0.29) is 11.2 Å². The molecule has 0 bridgehead atoms. The molecule has 0 saturated carbocycles. The Morgan fingerprint density at radius 2 is 1.79 bits per heavy atom. The van der Waals surface area contributed by atoms with Crippen LogP contribution in [0.1, 0.15) is 17.0 Å². The number of hydrogen-bond acceptors (Lipinski definition) is 3. The lowest BCUT2D eigenvalue weighted by molar-refractivity contribution is 0.609. The minimum atomic E-state index is -0.480. The van der Waals surface area contributed by atoms with Crippen LogP contribution in [0.15, 0.2) is 96.1 Å². The van der Waals surface area contributed by atoms with Gasteiger partial charge in [-0.2, -0.15) is 9.78 Å². The van der Waals surface area contributed by atoms with E-state index in [1.54, 1.807) is 18.2 Å². The molecule has 0 aliphatic carbocycles. The third-order valence-corrected chi connectivity index (χ3v) is 6.26. The summed E-state index contributed by atoms with van der Waals surface area (Å²) >= 11 is 0. The van der Waals surface area contributed by atoms with Crippen LogP contribution < -0.4 is 10.9 Å². The van der Waals surface area contributed by atoms with Crippen molar-refractivity contribution in [2.45, 2.75) is 12.5 Å². The molecule has 0 amide bonds. The highest BCUT2D eigenvalue weighted by Gasteiger charge is 2.22. The third-order valence-electron chi connectivity index (χ3n) is 6.26. The minimum Gasteiger partial charge on any atom is -0.390 e. The first-order chi connectivity index (χ1) is 16.2. The number of pyridine rings is 1. The van der Waals surface area contributed by atoms with Crippen molar-refractivity contribution >= 4 is 10.9 Å². The fraction of sp³-hybridized carbons (Fsp3) is 0.111. The molecule has 0 spiro atoms. The molecular weight excluding hydrogens is 415 g/mol. The van der Waals surface area contributed by atoms with Crippen molar-refractivity contribution in [3.05, 3.63) is 119 Å². The average molecular weight is 436 g/mol. The van der Waals surface area contributed by atoms with Crippen LogP contribution in [0.4, 0.5) is 4.39 Å². The Kier molecular flexibility index (Phi) is 4.57. The van der Waals surface area contributed by atoms with Crippen LogP contribution in [0.3, 0.4) is 0 Å². The van der Waals surface area contributed by atoms with E-state index >= 15 is 0 Å². The molecule has 0 saturated heterocycles. The molecule has 0 aromatic heterocycles. The number of para-hydroxylation sites is 2. The van der Waals surface area contributed by atoms with E-state index in [0.717, 1.165) is 27.7 Å². The lowest BCUT2D eigenvalue weighted by atomic mass is 9.99. The largest absolute Gasteiger partial charge is 0.390 e. The number of nitrogens with one attached hydrogen (secondary N) is 1. The highest BCUT2D eigenvalue weighted by molar-refractivity contribution is 5.93. The van der Waals surface area contributed by atoms with E-state index in [4.69, 9.17) is 0 Å². The van der Waals surface area contributed by atoms with Gasteiger partial charge in [-0.1, -0.05) is 60.7 Å². The van der Waals surface area contributed by atoms with Gasteiger partial charge >= 0.3 is 0 Å². The van der Waals surface area contributed by atoms with E-state index in [2.05, 4.69) is 45.3 Å². The Hall–Kier alpha value is -4.19. The van der Waals surface area contributed by atoms with Crippen molar-refractivity contribution in [3.8, 4) is 16.9 Å². The zero-order valence-corrected chi connectivity index (χ0v) is 17.8. The van der Waals surface area contributed by atoms with Gasteiger partial charge in [0.2, 0.25) is 0 Å². The third kappa shape index (κ3) is 3.31. The van der Waals surface area contributed by atoms with E-state index in [0.29, 0.717) is 23.7 Å². The maximum atomic E-state index is 14.4. The van der Waals surface area contributed by atoms with Crippen LogP contribution in [0, 0.1) is 5.82 Å². The number of halogens is 1. The monoisotopic (exact) mass is 436 g/mol. The SMILES string of the molecule is O=c1c2cn(Cc3ccc(C4C=CNC4)cc3)c3ccccc3c-2nn1-c1ccccc1F. The number of fused-ring (bicyclic) bond motifs is 3. The second-order valence-electron chi connectivity index (χ2n) is 8.32. The number of nitrogens with zero attached hydrogens (tertiary/aromatic N) is 3. The van der Waals surface area contributed by atoms with E-state index in [1.165, 1.54) is 11.6 Å². The summed E-state index contributed by atoms with van der Waals surface area (Å²) in [5, 5.41) is 8.62. The minimum absolute atomic E-state index is 0.153. The van der Waals surface area contributed by atoms with Crippen molar-refractivity contribution in [2.75, 3.05) is 6.54 Å². The van der Waals surface area contributed by atoms with Crippen molar-refractivity contribution < 1.29 is 4.39 Å². The second kappa shape index (κ2) is 7.74. The molecule has 5 nitrogen and oxygen atoms in total. The van der Waals surface area contributed by atoms with Gasteiger partial charge in [-0.25, -0.2) is 4.39 Å². The topological polar surface area (TPSA) is 51.9 Å². The normalized spacial score (nSPS) is 15.4. The lowest BCUT2D eigenvalue weighted by Gasteiger charge is -2.15. The number of rotatable bonds is 4. The first kappa shape index (κ1) is 19.5. The molecule has 6 rings (SSSR count). The van der Waals surface area contributed by atoms with Gasteiger partial charge in [0.05, 0.1) is 11.1 Å². The maximum absolute atomic E-state index is 14.4. The van der Waals surface area contributed by atoms with Crippen LogP contribution in [0.25, 0.3) is 27.8 Å². The van der Waals surface area contributed by atoms with Gasteiger partial charge in [0.25, 0.3) is 5.56 Å². The summed E-state index contributed by atoms with van der Waals surface area (Å²) in [5.41, 5.74) is 4.25. The highest BCUT2D eigenvalue weighted by Crippen LogP contribution is 2.29. The van der Waals surface area contributed by atoms with Gasteiger partial charge in [0.1, 0.15) is 17.2 Å². The smallest absolute Gasteiger partial charge is 0.282 e. The predicted molar refractivity (Wildman–Crippen MR) is 127 cm³/mol. The summed E-state index contributed by atoms with van der Waals surface area (Å²) in [4.78, 5) is 13.2. The van der Waals surface area contributed by atoms with Crippen LogP contribution in [-0.2, 0) is 6.54 Å². The Morgan fingerprint density at radius 3 is 2.58 bits per heavy atom. The van der Waals surface area contributed by atoms with Crippen LogP contribution in [0.2, 0.25) is 0 Å². The Balaban J connectivity index is 1.46. The zero-order chi connectivity index (χ0) is 22.4. The molecular formula is C27H21FN4O. The first-order valence-corrected chi connectivity index (χ1v) is 10.9. The molecule has 3 aromatic carbocycles. The number of benzene rings is 3. The standard InChI is InChI=1S/C27H21FN4O/c28-23-6-2-4-8-25(23)32-27(33)22-17-31(24-7-3-1-5-21(24)26(22)30-32)16-18-9-11-19(12-10-18)20-13-14-29-15-20/h1-14,17,20,29H,15-16H2. The molecule has 0 radical (unpaired) electrons. The van der Waals surface area contributed by atoms with Crippen molar-refractivity contribution in [2.24, 2.45) is 0 Å². The van der Waals surface area contributed by atoms with Crippen molar-refractivity contribution in [1.82, 2.24) is 19.7 Å². The summed E-state index contributed by atoms with van der Waals surface area (Å²) in [6, 6.07) is 22.7. The van der Waals surface area contributed by atoms with E-state index < -0.39 is 5.82 Å². The Morgan fingerprint density at radius 1 is 1.00 bits per heavy atom. The summed E-state index contributed by atoms with van der Waals surface area (Å²) in [6.07, 6.45) is 6.01. The van der Waals surface area contributed by atoms with Gasteiger partial charge < -0.3 is 9.88 Å². The van der Waals surface area contributed by atoms with Gasteiger partial charge in [-0.05, 0) is 35.5 Å².